The molecule has 118 valence electrons. The third-order valence-electron chi connectivity index (χ3n) is 3.17. The Bertz CT molecular complexity index is 789. The maximum Gasteiger partial charge on any atom is 0.345 e. The lowest BCUT2D eigenvalue weighted by molar-refractivity contribution is -0.148. The number of sulfonamides is 1. The maximum absolute atomic E-state index is 12.3. The molecule has 7 nitrogen and oxygen atoms in total. The van der Waals surface area contributed by atoms with Gasteiger partial charge in [0.2, 0.25) is 10.0 Å². The number of rotatable bonds is 5. The molecular formula is C14H16N2O5S. The molecule has 2 atom stereocenters. The summed E-state index contributed by atoms with van der Waals surface area (Å²) in [6, 6.07) is 10.3. The predicted octanol–water partition coefficient (Wildman–Crippen LogP) is 0.284. The molecule has 0 heterocycles. The summed E-state index contributed by atoms with van der Waals surface area (Å²) >= 11 is 0. The first-order valence-corrected chi connectivity index (χ1v) is 7.93. The third kappa shape index (κ3) is 3.42. The topological polar surface area (TPSA) is 119 Å². The number of nitrogens with two attached hydrogens (primary N) is 1. The second kappa shape index (κ2) is 6.41. The van der Waals surface area contributed by atoms with Crippen LogP contribution in [0, 0.1) is 0 Å². The minimum absolute atomic E-state index is 0.0262. The summed E-state index contributed by atoms with van der Waals surface area (Å²) < 4.78 is 26.8. The monoisotopic (exact) mass is 324 g/mol. The summed E-state index contributed by atoms with van der Waals surface area (Å²) in [6.45, 7) is 1.25. The summed E-state index contributed by atoms with van der Waals surface area (Å²) in [5.74, 6) is 3.68. The van der Waals surface area contributed by atoms with E-state index in [0.717, 1.165) is 10.8 Å². The fourth-order valence-electron chi connectivity index (χ4n) is 1.99. The van der Waals surface area contributed by atoms with Crippen LogP contribution in [-0.2, 0) is 19.7 Å². The Morgan fingerprint density at radius 3 is 2.45 bits per heavy atom. The van der Waals surface area contributed by atoms with E-state index in [1.54, 1.807) is 18.2 Å². The lowest BCUT2D eigenvalue weighted by atomic mass is 10.1. The van der Waals surface area contributed by atoms with Gasteiger partial charge in [0.05, 0.1) is 11.0 Å². The van der Waals surface area contributed by atoms with Crippen LogP contribution in [-0.4, -0.2) is 31.6 Å². The molecule has 2 rings (SSSR count). The molecule has 0 saturated heterocycles. The lowest BCUT2D eigenvalue weighted by Crippen LogP contribution is -2.49. The molecule has 0 radical (unpaired) electrons. The highest BCUT2D eigenvalue weighted by Crippen LogP contribution is 2.19. The molecule has 0 aliphatic carbocycles. The van der Waals surface area contributed by atoms with Crippen molar-refractivity contribution >= 4 is 26.8 Å². The molecule has 2 aromatic carbocycles. The van der Waals surface area contributed by atoms with E-state index in [1.165, 1.54) is 19.1 Å². The van der Waals surface area contributed by atoms with E-state index in [2.05, 4.69) is 9.56 Å². The fourth-order valence-corrected chi connectivity index (χ4v) is 3.28. The number of carbonyl (C=O) groups excluding carboxylic acids is 1. The van der Waals surface area contributed by atoms with Crippen molar-refractivity contribution in [1.29, 1.82) is 0 Å². The third-order valence-corrected chi connectivity index (χ3v) is 4.60. The zero-order valence-corrected chi connectivity index (χ0v) is 12.6. The highest BCUT2D eigenvalue weighted by molar-refractivity contribution is 7.89. The number of hydrogen-bond donors (Lipinski definition) is 3. The van der Waals surface area contributed by atoms with Crippen molar-refractivity contribution < 1.29 is 23.2 Å². The van der Waals surface area contributed by atoms with Gasteiger partial charge in [0, 0.05) is 0 Å². The largest absolute Gasteiger partial charge is 0.391 e. The van der Waals surface area contributed by atoms with Crippen LogP contribution in [0.25, 0.3) is 10.8 Å². The number of aliphatic hydroxyl groups is 1. The molecule has 0 spiro atoms. The van der Waals surface area contributed by atoms with Crippen LogP contribution in [0.15, 0.2) is 47.4 Å². The molecule has 0 aliphatic heterocycles. The van der Waals surface area contributed by atoms with Crippen molar-refractivity contribution in [1.82, 2.24) is 4.72 Å². The molecule has 0 saturated carbocycles. The van der Waals surface area contributed by atoms with Crippen LogP contribution in [0.3, 0.4) is 0 Å². The van der Waals surface area contributed by atoms with Gasteiger partial charge in [0.15, 0.2) is 0 Å². The Labute approximate surface area is 127 Å². The van der Waals surface area contributed by atoms with Gasteiger partial charge in [-0.3, -0.25) is 0 Å². The smallest absolute Gasteiger partial charge is 0.345 e. The van der Waals surface area contributed by atoms with E-state index in [4.69, 9.17) is 5.90 Å². The molecule has 0 aromatic heterocycles. The van der Waals surface area contributed by atoms with Gasteiger partial charge < -0.3 is 9.94 Å². The summed E-state index contributed by atoms with van der Waals surface area (Å²) in [6.07, 6.45) is -1.30. The van der Waals surface area contributed by atoms with Crippen LogP contribution in [0.1, 0.15) is 6.92 Å². The van der Waals surface area contributed by atoms with Gasteiger partial charge in [-0.15, -0.1) is 0 Å². The van der Waals surface area contributed by atoms with Gasteiger partial charge in [0.1, 0.15) is 6.04 Å². The van der Waals surface area contributed by atoms with E-state index >= 15 is 0 Å². The zero-order chi connectivity index (χ0) is 16.3. The van der Waals surface area contributed by atoms with Crippen LogP contribution in [0.2, 0.25) is 0 Å². The average molecular weight is 324 g/mol. The molecule has 0 aliphatic rings. The van der Waals surface area contributed by atoms with E-state index in [-0.39, 0.29) is 4.90 Å². The molecular weight excluding hydrogens is 308 g/mol. The standard InChI is InChI=1S/C14H16N2O5S/c1-9(17)13(14(18)21-15)16-22(19,20)12-7-6-10-4-2-3-5-11(10)8-12/h2-9,13,16-17H,15H2,1H3. The molecule has 0 bridgehead atoms. The Balaban J connectivity index is 2.37. The Hall–Kier alpha value is -2.00. The second-order valence-corrected chi connectivity index (χ2v) is 6.50. The fraction of sp³-hybridized carbons (Fsp3) is 0.214. The predicted molar refractivity (Wildman–Crippen MR) is 80.0 cm³/mol. The quantitative estimate of drug-likeness (QED) is 0.680. The first kappa shape index (κ1) is 16.4. The van der Waals surface area contributed by atoms with E-state index in [1.807, 2.05) is 12.1 Å². The minimum Gasteiger partial charge on any atom is -0.391 e. The Morgan fingerprint density at radius 1 is 1.23 bits per heavy atom. The summed E-state index contributed by atoms with van der Waals surface area (Å²) in [5, 5.41) is 11.1. The van der Waals surface area contributed by atoms with Gasteiger partial charge in [-0.05, 0) is 29.8 Å². The number of aliphatic hydroxyl groups excluding tert-OH is 1. The molecule has 8 heteroatoms. The first-order chi connectivity index (χ1) is 10.3. The number of hydrogen-bond acceptors (Lipinski definition) is 6. The van der Waals surface area contributed by atoms with Crippen LogP contribution < -0.4 is 10.6 Å². The molecule has 2 aromatic rings. The van der Waals surface area contributed by atoms with Crippen molar-refractivity contribution in [2.24, 2.45) is 5.90 Å². The molecule has 22 heavy (non-hydrogen) atoms. The van der Waals surface area contributed by atoms with Gasteiger partial charge in [-0.25, -0.2) is 13.2 Å². The normalized spacial score (nSPS) is 14.5. The lowest BCUT2D eigenvalue weighted by Gasteiger charge is -2.18. The molecule has 0 fully saturated rings. The number of benzene rings is 2. The van der Waals surface area contributed by atoms with Crippen LogP contribution >= 0.6 is 0 Å². The van der Waals surface area contributed by atoms with Crippen LogP contribution in [0.5, 0.6) is 0 Å². The van der Waals surface area contributed by atoms with Crippen LogP contribution in [0.4, 0.5) is 0 Å². The summed E-state index contributed by atoms with van der Waals surface area (Å²) in [5.41, 5.74) is 0. The van der Waals surface area contributed by atoms with Crippen molar-refractivity contribution in [2.75, 3.05) is 0 Å². The Kier molecular flexibility index (Phi) is 4.77. The zero-order valence-electron chi connectivity index (χ0n) is 11.8. The van der Waals surface area contributed by atoms with E-state index in [9.17, 15) is 18.3 Å². The average Bonchev–Trinajstić information content (AvgIpc) is 2.51. The molecule has 0 amide bonds. The molecule has 4 N–H and O–H groups in total. The van der Waals surface area contributed by atoms with Crippen molar-refractivity contribution in [2.45, 2.75) is 24.0 Å². The highest BCUT2D eigenvalue weighted by Gasteiger charge is 2.30. The summed E-state index contributed by atoms with van der Waals surface area (Å²) in [7, 11) is -4.02. The van der Waals surface area contributed by atoms with E-state index < -0.39 is 28.1 Å². The maximum atomic E-state index is 12.3. The van der Waals surface area contributed by atoms with Gasteiger partial charge in [0.25, 0.3) is 0 Å². The van der Waals surface area contributed by atoms with Gasteiger partial charge in [-0.1, -0.05) is 30.3 Å². The van der Waals surface area contributed by atoms with Gasteiger partial charge >= 0.3 is 5.97 Å². The van der Waals surface area contributed by atoms with Gasteiger partial charge in [-0.2, -0.15) is 10.6 Å². The van der Waals surface area contributed by atoms with Crippen molar-refractivity contribution in [3.63, 3.8) is 0 Å². The number of fused-ring (bicyclic) bond motifs is 1. The number of carbonyl (C=O) groups is 1. The Morgan fingerprint density at radius 2 is 1.86 bits per heavy atom. The van der Waals surface area contributed by atoms with Crippen molar-refractivity contribution in [3.8, 4) is 0 Å². The molecule has 2 unspecified atom stereocenters. The first-order valence-electron chi connectivity index (χ1n) is 6.45. The highest BCUT2D eigenvalue weighted by atomic mass is 32.2. The van der Waals surface area contributed by atoms with E-state index in [0.29, 0.717) is 0 Å². The van der Waals surface area contributed by atoms with Crippen molar-refractivity contribution in [3.05, 3.63) is 42.5 Å². The number of nitrogens with one attached hydrogen (secondary N) is 1. The minimum atomic E-state index is -4.02. The summed E-state index contributed by atoms with van der Waals surface area (Å²) in [4.78, 5) is 15.4. The second-order valence-electron chi connectivity index (χ2n) is 4.79. The SMILES string of the molecule is CC(O)C(NS(=O)(=O)c1ccc2ccccc2c1)C(=O)ON.